The van der Waals surface area contributed by atoms with Crippen LogP contribution in [0.4, 0.5) is 0 Å². The second kappa shape index (κ2) is 9.50. The minimum atomic E-state index is 0. The van der Waals surface area contributed by atoms with E-state index in [1.807, 2.05) is 47.3 Å². The van der Waals surface area contributed by atoms with E-state index in [9.17, 15) is 0 Å². The predicted molar refractivity (Wildman–Crippen MR) is 140 cm³/mol. The van der Waals surface area contributed by atoms with Crippen LogP contribution in [0.5, 0.6) is 11.5 Å². The van der Waals surface area contributed by atoms with Crippen molar-refractivity contribution in [1.82, 2.24) is 20.1 Å². The van der Waals surface area contributed by atoms with Crippen molar-refractivity contribution in [2.45, 2.75) is 13.1 Å². The molecule has 0 radical (unpaired) electrons. The number of hydrogen-bond donors (Lipinski definition) is 1. The molecular formula is C26H24Cl2N4O2. The predicted octanol–water partition coefficient (Wildman–Crippen LogP) is 5.70. The summed E-state index contributed by atoms with van der Waals surface area (Å²) in [5.41, 5.74) is 7.51. The second-order valence-corrected chi connectivity index (χ2v) is 7.92. The Kier molecular flexibility index (Phi) is 6.66. The summed E-state index contributed by atoms with van der Waals surface area (Å²) in [6, 6.07) is 20.7. The van der Waals surface area contributed by atoms with E-state index >= 15 is 0 Å². The van der Waals surface area contributed by atoms with E-state index in [0.29, 0.717) is 11.5 Å². The van der Waals surface area contributed by atoms with Gasteiger partial charge >= 0.3 is 0 Å². The third kappa shape index (κ3) is 3.74. The Morgan fingerprint density at radius 1 is 0.824 bits per heavy atom. The first kappa shape index (κ1) is 23.8. The number of nitrogens with zero attached hydrogens (tertiary/aromatic N) is 3. The molecule has 0 saturated carbocycles. The molecule has 3 aromatic carbocycles. The fourth-order valence-corrected chi connectivity index (χ4v) is 4.53. The maximum absolute atomic E-state index is 5.54. The van der Waals surface area contributed by atoms with Crippen LogP contribution in [-0.2, 0) is 13.1 Å². The molecule has 2 aromatic heterocycles. The molecule has 0 fully saturated rings. The third-order valence-corrected chi connectivity index (χ3v) is 6.14. The van der Waals surface area contributed by atoms with Crippen LogP contribution in [0.3, 0.4) is 0 Å². The van der Waals surface area contributed by atoms with Gasteiger partial charge in [-0.15, -0.1) is 24.8 Å². The van der Waals surface area contributed by atoms with E-state index in [-0.39, 0.29) is 24.8 Å². The Labute approximate surface area is 209 Å². The number of benzene rings is 3. The lowest BCUT2D eigenvalue weighted by Gasteiger charge is -2.08. The lowest BCUT2D eigenvalue weighted by Crippen LogP contribution is -2.00. The maximum Gasteiger partial charge on any atom is 0.161 e. The van der Waals surface area contributed by atoms with Crippen LogP contribution in [0.1, 0.15) is 11.1 Å². The molecule has 6 nitrogen and oxygen atoms in total. The first-order valence-corrected chi connectivity index (χ1v) is 10.6. The summed E-state index contributed by atoms with van der Waals surface area (Å²) < 4.78 is 13.0. The molecule has 6 rings (SSSR count). The van der Waals surface area contributed by atoms with E-state index in [4.69, 9.17) is 19.6 Å². The van der Waals surface area contributed by atoms with Gasteiger partial charge in [-0.2, -0.15) is 5.10 Å². The van der Waals surface area contributed by atoms with Crippen molar-refractivity contribution in [2.24, 2.45) is 0 Å². The molecule has 0 saturated heterocycles. The highest BCUT2D eigenvalue weighted by Crippen LogP contribution is 2.37. The van der Waals surface area contributed by atoms with E-state index in [1.54, 1.807) is 14.2 Å². The average molecular weight is 495 g/mol. The van der Waals surface area contributed by atoms with Crippen molar-refractivity contribution in [3.8, 4) is 28.4 Å². The Hall–Kier alpha value is -3.32. The van der Waals surface area contributed by atoms with E-state index in [0.717, 1.165) is 51.8 Å². The molecule has 0 amide bonds. The van der Waals surface area contributed by atoms with Gasteiger partial charge in [0.15, 0.2) is 11.5 Å². The zero-order chi connectivity index (χ0) is 21.7. The third-order valence-electron chi connectivity index (χ3n) is 6.14. The van der Waals surface area contributed by atoms with Crippen LogP contribution in [0.25, 0.3) is 38.8 Å². The number of ether oxygens (including phenoxy) is 2. The number of para-hydroxylation sites is 1. The number of nitrogens with one attached hydrogen (secondary N) is 1. The van der Waals surface area contributed by atoms with Gasteiger partial charge < -0.3 is 14.8 Å². The molecule has 0 aliphatic carbocycles. The molecule has 0 spiro atoms. The van der Waals surface area contributed by atoms with Gasteiger partial charge in [-0.25, -0.2) is 4.68 Å². The Morgan fingerprint density at radius 2 is 1.62 bits per heavy atom. The summed E-state index contributed by atoms with van der Waals surface area (Å²) in [5, 5.41) is 10.6. The summed E-state index contributed by atoms with van der Waals surface area (Å²) in [6.45, 7) is 1.80. The number of fused-ring (bicyclic) bond motifs is 4. The second-order valence-electron chi connectivity index (χ2n) is 7.92. The van der Waals surface area contributed by atoms with Crippen LogP contribution in [0, 0.1) is 0 Å². The molecule has 5 aromatic rings. The van der Waals surface area contributed by atoms with Crippen LogP contribution in [0.2, 0.25) is 0 Å². The van der Waals surface area contributed by atoms with Crippen molar-refractivity contribution in [1.29, 1.82) is 0 Å². The zero-order valence-electron chi connectivity index (χ0n) is 18.7. The highest BCUT2D eigenvalue weighted by Gasteiger charge is 2.19. The fraction of sp³-hybridized carbons (Fsp3) is 0.154. The van der Waals surface area contributed by atoms with Gasteiger partial charge in [0.25, 0.3) is 0 Å². The fourth-order valence-electron chi connectivity index (χ4n) is 4.53. The molecule has 0 unspecified atom stereocenters. The lowest BCUT2D eigenvalue weighted by atomic mass is 10.1. The van der Waals surface area contributed by atoms with Crippen molar-refractivity contribution in [2.75, 3.05) is 14.2 Å². The van der Waals surface area contributed by atoms with Crippen molar-refractivity contribution < 1.29 is 9.47 Å². The molecule has 1 N–H and O–H groups in total. The summed E-state index contributed by atoms with van der Waals surface area (Å²) in [4.78, 5) is 4.72. The molecule has 0 atom stereocenters. The number of aromatic nitrogens is 3. The number of methoxy groups -OCH3 is 2. The molecule has 174 valence electrons. The van der Waals surface area contributed by atoms with Gasteiger partial charge in [0.2, 0.25) is 0 Å². The van der Waals surface area contributed by atoms with E-state index in [2.05, 4.69) is 29.6 Å². The average Bonchev–Trinajstić information content (AvgIpc) is 3.48. The molecule has 1 aliphatic heterocycles. The van der Waals surface area contributed by atoms with Gasteiger partial charge in [0.1, 0.15) is 5.69 Å². The standard InChI is InChI=1S/C26H22N4O2.2ClH/c1-31-23-10-8-16(12-24(23)32-2)25-21-15-28-22-6-4-3-5-20(22)26(21)30(29-25)19-9-7-17-13-27-14-18(17)11-19;;/h3-12,15,27H,13-14H2,1-2H3;2*1H. The van der Waals surface area contributed by atoms with E-state index < -0.39 is 0 Å². The van der Waals surface area contributed by atoms with Crippen molar-refractivity contribution >= 4 is 46.6 Å². The number of hydrogen-bond acceptors (Lipinski definition) is 5. The maximum atomic E-state index is 5.54. The van der Waals surface area contributed by atoms with Gasteiger partial charge in [0.05, 0.1) is 30.9 Å². The molecular weight excluding hydrogens is 471 g/mol. The van der Waals surface area contributed by atoms with Crippen LogP contribution < -0.4 is 14.8 Å². The van der Waals surface area contributed by atoms with Crippen molar-refractivity contribution in [3.05, 3.63) is 78.0 Å². The van der Waals surface area contributed by atoms with Crippen LogP contribution in [0.15, 0.2) is 66.9 Å². The van der Waals surface area contributed by atoms with E-state index in [1.165, 1.54) is 11.1 Å². The summed E-state index contributed by atoms with van der Waals surface area (Å²) in [5.74, 6) is 1.36. The van der Waals surface area contributed by atoms with Crippen molar-refractivity contribution in [3.63, 3.8) is 0 Å². The zero-order valence-corrected chi connectivity index (χ0v) is 20.4. The van der Waals surface area contributed by atoms with Crippen LogP contribution in [-0.4, -0.2) is 29.0 Å². The highest BCUT2D eigenvalue weighted by atomic mass is 35.5. The number of rotatable bonds is 4. The minimum absolute atomic E-state index is 0. The number of pyridine rings is 1. The normalized spacial score (nSPS) is 12.2. The number of halogens is 2. The molecule has 8 heteroatoms. The summed E-state index contributed by atoms with van der Waals surface area (Å²) in [6.07, 6.45) is 1.92. The minimum Gasteiger partial charge on any atom is -0.493 e. The topological polar surface area (TPSA) is 61.2 Å². The largest absolute Gasteiger partial charge is 0.493 e. The monoisotopic (exact) mass is 494 g/mol. The summed E-state index contributed by atoms with van der Waals surface area (Å²) >= 11 is 0. The van der Waals surface area contributed by atoms with Gasteiger partial charge in [-0.05, 0) is 47.5 Å². The first-order valence-electron chi connectivity index (χ1n) is 10.6. The SMILES string of the molecule is COc1ccc(-c2nn(-c3ccc4c(c3)CNC4)c3c2cnc2ccccc23)cc1OC.Cl.Cl. The first-order chi connectivity index (χ1) is 15.8. The van der Waals surface area contributed by atoms with Crippen LogP contribution >= 0.6 is 24.8 Å². The Balaban J connectivity index is 0.00000137. The quantitative estimate of drug-likeness (QED) is 0.347. The van der Waals surface area contributed by atoms with Gasteiger partial charge in [-0.3, -0.25) is 4.98 Å². The lowest BCUT2D eigenvalue weighted by molar-refractivity contribution is 0.355. The molecule has 0 bridgehead atoms. The smallest absolute Gasteiger partial charge is 0.161 e. The summed E-state index contributed by atoms with van der Waals surface area (Å²) in [7, 11) is 3.28. The van der Waals surface area contributed by atoms with Gasteiger partial charge in [-0.1, -0.05) is 24.3 Å². The molecule has 3 heterocycles. The molecule has 1 aliphatic rings. The molecule has 34 heavy (non-hydrogen) atoms. The highest BCUT2D eigenvalue weighted by molar-refractivity contribution is 6.08. The Morgan fingerprint density at radius 3 is 2.44 bits per heavy atom. The van der Waals surface area contributed by atoms with Gasteiger partial charge in [0, 0.05) is 35.6 Å². The Bertz CT molecular complexity index is 1500.